The third kappa shape index (κ3) is 3.03. The predicted molar refractivity (Wildman–Crippen MR) is 100 cm³/mol. The van der Waals surface area contributed by atoms with Crippen molar-refractivity contribution >= 4 is 5.91 Å². The number of nitrogens with zero attached hydrogens (tertiary/aromatic N) is 1. The molecule has 3 aliphatic heterocycles. The summed E-state index contributed by atoms with van der Waals surface area (Å²) in [7, 11) is 0. The first kappa shape index (κ1) is 17.4. The molecule has 6 nitrogen and oxygen atoms in total. The van der Waals surface area contributed by atoms with Gasteiger partial charge in [0.05, 0.1) is 18.8 Å². The second kappa shape index (κ2) is 6.45. The Morgan fingerprint density at radius 1 is 1.22 bits per heavy atom. The molecule has 1 aliphatic carbocycles. The Hall–Kier alpha value is -1.66. The third-order valence-electron chi connectivity index (χ3n) is 7.00. The summed E-state index contributed by atoms with van der Waals surface area (Å²) in [5.41, 5.74) is 0.203. The number of amides is 1. The summed E-state index contributed by atoms with van der Waals surface area (Å²) in [5.74, 6) is 0.890. The van der Waals surface area contributed by atoms with Crippen molar-refractivity contribution in [1.29, 1.82) is 0 Å². The molecule has 3 saturated heterocycles. The smallest absolute Gasteiger partial charge is 0.349 e. The molecule has 4 heterocycles. The van der Waals surface area contributed by atoms with Crippen LogP contribution in [0.2, 0.25) is 0 Å². The zero-order valence-corrected chi connectivity index (χ0v) is 16.0. The lowest BCUT2D eigenvalue weighted by atomic mass is 9.83. The van der Waals surface area contributed by atoms with E-state index in [2.05, 4.69) is 5.32 Å². The van der Waals surface area contributed by atoms with Gasteiger partial charge in [-0.3, -0.25) is 4.79 Å². The van der Waals surface area contributed by atoms with Crippen LogP contribution in [0.15, 0.2) is 15.3 Å². The summed E-state index contributed by atoms with van der Waals surface area (Å²) >= 11 is 0. The van der Waals surface area contributed by atoms with Crippen molar-refractivity contribution in [2.75, 3.05) is 19.7 Å². The largest absolute Gasteiger partial charge is 0.427 e. The van der Waals surface area contributed by atoms with Crippen LogP contribution in [0.5, 0.6) is 0 Å². The molecular formula is C21H28N2O4. The lowest BCUT2D eigenvalue weighted by molar-refractivity contribution is -0.122. The van der Waals surface area contributed by atoms with Crippen molar-refractivity contribution in [2.45, 2.75) is 75.5 Å². The molecule has 146 valence electrons. The number of ether oxygens (including phenoxy) is 1. The normalized spacial score (nSPS) is 33.3. The number of aryl methyl sites for hydroxylation is 1. The Morgan fingerprint density at radius 3 is 2.59 bits per heavy atom. The Morgan fingerprint density at radius 2 is 1.96 bits per heavy atom. The number of morpholine rings is 1. The standard InChI is InChI=1S/C21H28N2O4/c1-13-9-17(14-3-2-4-14)27-20(25)18(13)19(24)23-7-8-26-21(12-23)10-15-5-6-16(11-21)22-15/h9,14-16,22H,2-8,10-12H2,1H3/t15-,16+,21?. The maximum atomic E-state index is 13.2. The molecule has 4 fully saturated rings. The van der Waals surface area contributed by atoms with Gasteiger partial charge < -0.3 is 19.4 Å². The molecule has 1 spiro atoms. The number of carbonyl (C=O) groups excluding carboxylic acids is 1. The molecule has 6 heteroatoms. The van der Waals surface area contributed by atoms with Crippen LogP contribution in [-0.2, 0) is 4.74 Å². The Kier molecular flexibility index (Phi) is 4.17. The lowest BCUT2D eigenvalue weighted by Gasteiger charge is -2.47. The number of hydrogen-bond donors (Lipinski definition) is 1. The molecule has 1 amide bonds. The highest BCUT2D eigenvalue weighted by Crippen LogP contribution is 2.39. The van der Waals surface area contributed by atoms with Gasteiger partial charge in [0.1, 0.15) is 11.3 Å². The quantitative estimate of drug-likeness (QED) is 0.863. The van der Waals surface area contributed by atoms with Crippen LogP contribution < -0.4 is 10.9 Å². The topological polar surface area (TPSA) is 71.8 Å². The van der Waals surface area contributed by atoms with Crippen LogP contribution in [-0.4, -0.2) is 48.2 Å². The van der Waals surface area contributed by atoms with E-state index < -0.39 is 5.63 Å². The van der Waals surface area contributed by atoms with E-state index in [0.717, 1.165) is 37.0 Å². The van der Waals surface area contributed by atoms with E-state index in [9.17, 15) is 9.59 Å². The average Bonchev–Trinajstić information content (AvgIpc) is 2.92. The zero-order chi connectivity index (χ0) is 18.6. The van der Waals surface area contributed by atoms with E-state index in [1.165, 1.54) is 19.3 Å². The summed E-state index contributed by atoms with van der Waals surface area (Å²) in [5, 5.41) is 3.64. The molecule has 1 saturated carbocycles. The highest BCUT2D eigenvalue weighted by molar-refractivity contribution is 5.95. The van der Waals surface area contributed by atoms with Crippen molar-refractivity contribution in [3.05, 3.63) is 33.4 Å². The summed E-state index contributed by atoms with van der Waals surface area (Å²) in [4.78, 5) is 27.6. The van der Waals surface area contributed by atoms with E-state index in [4.69, 9.17) is 9.15 Å². The number of carbonyl (C=O) groups is 1. The minimum absolute atomic E-state index is 0.199. The number of fused-ring (bicyclic) bond motifs is 2. The fourth-order valence-corrected chi connectivity index (χ4v) is 5.41. The van der Waals surface area contributed by atoms with Gasteiger partial charge in [0.15, 0.2) is 0 Å². The fourth-order valence-electron chi connectivity index (χ4n) is 5.41. The van der Waals surface area contributed by atoms with Crippen molar-refractivity contribution in [1.82, 2.24) is 10.2 Å². The molecule has 27 heavy (non-hydrogen) atoms. The van der Waals surface area contributed by atoms with E-state index in [0.29, 0.717) is 37.7 Å². The first-order valence-electron chi connectivity index (χ1n) is 10.4. The van der Waals surface area contributed by atoms with Crippen molar-refractivity contribution in [3.63, 3.8) is 0 Å². The van der Waals surface area contributed by atoms with Crippen LogP contribution in [0.1, 0.15) is 72.5 Å². The molecular weight excluding hydrogens is 344 g/mol. The van der Waals surface area contributed by atoms with Crippen LogP contribution in [0, 0.1) is 6.92 Å². The summed E-state index contributed by atoms with van der Waals surface area (Å²) in [6.07, 6.45) is 7.59. The highest BCUT2D eigenvalue weighted by Gasteiger charge is 2.48. The molecule has 4 aliphatic rings. The van der Waals surface area contributed by atoms with E-state index >= 15 is 0 Å². The van der Waals surface area contributed by atoms with Crippen molar-refractivity contribution < 1.29 is 13.9 Å². The molecule has 0 radical (unpaired) electrons. The molecule has 3 atom stereocenters. The molecule has 5 rings (SSSR count). The van der Waals surface area contributed by atoms with Gasteiger partial charge in [-0.15, -0.1) is 0 Å². The lowest BCUT2D eigenvalue weighted by Crippen LogP contribution is -2.60. The van der Waals surface area contributed by atoms with Gasteiger partial charge >= 0.3 is 5.63 Å². The van der Waals surface area contributed by atoms with Gasteiger partial charge in [0.2, 0.25) is 0 Å². The molecule has 2 bridgehead atoms. The van der Waals surface area contributed by atoms with E-state index in [-0.39, 0.29) is 17.1 Å². The molecule has 1 unspecified atom stereocenters. The molecule has 1 N–H and O–H groups in total. The molecule has 1 aromatic rings. The maximum absolute atomic E-state index is 13.2. The third-order valence-corrected chi connectivity index (χ3v) is 7.00. The van der Waals surface area contributed by atoms with Gasteiger partial charge in [0.25, 0.3) is 5.91 Å². The Balaban J connectivity index is 1.38. The second-order valence-corrected chi connectivity index (χ2v) is 8.93. The van der Waals surface area contributed by atoms with E-state index in [1.807, 2.05) is 17.9 Å². The van der Waals surface area contributed by atoms with Crippen molar-refractivity contribution in [3.8, 4) is 0 Å². The zero-order valence-electron chi connectivity index (χ0n) is 16.0. The van der Waals surface area contributed by atoms with Crippen LogP contribution in [0.25, 0.3) is 0 Å². The predicted octanol–water partition coefficient (Wildman–Crippen LogP) is 2.34. The van der Waals surface area contributed by atoms with Gasteiger partial charge in [0, 0.05) is 24.5 Å². The fraction of sp³-hybridized carbons (Fsp3) is 0.714. The van der Waals surface area contributed by atoms with Crippen LogP contribution >= 0.6 is 0 Å². The molecule has 0 aromatic carbocycles. The number of nitrogens with one attached hydrogen (secondary N) is 1. The SMILES string of the molecule is Cc1cc(C2CCC2)oc(=O)c1C(=O)N1CCOC2(C[C@H]3CC[C@@H](C2)N3)C1. The second-order valence-electron chi connectivity index (χ2n) is 8.93. The Labute approximate surface area is 159 Å². The highest BCUT2D eigenvalue weighted by atomic mass is 16.5. The van der Waals surface area contributed by atoms with Gasteiger partial charge in [-0.25, -0.2) is 4.79 Å². The first-order chi connectivity index (χ1) is 13.0. The minimum Gasteiger partial charge on any atom is -0.427 e. The summed E-state index contributed by atoms with van der Waals surface area (Å²) in [6, 6.07) is 2.89. The summed E-state index contributed by atoms with van der Waals surface area (Å²) in [6.45, 7) is 3.50. The first-order valence-corrected chi connectivity index (χ1v) is 10.4. The molecule has 1 aromatic heterocycles. The number of piperidine rings is 1. The monoisotopic (exact) mass is 372 g/mol. The van der Waals surface area contributed by atoms with Gasteiger partial charge in [-0.1, -0.05) is 6.42 Å². The van der Waals surface area contributed by atoms with Crippen molar-refractivity contribution in [2.24, 2.45) is 0 Å². The van der Waals surface area contributed by atoms with Gasteiger partial charge in [-0.2, -0.15) is 0 Å². The number of hydrogen-bond acceptors (Lipinski definition) is 5. The maximum Gasteiger partial charge on any atom is 0.349 e. The Bertz CT molecular complexity index is 801. The minimum atomic E-state index is -0.479. The van der Waals surface area contributed by atoms with Gasteiger partial charge in [-0.05, 0) is 57.1 Å². The van der Waals surface area contributed by atoms with E-state index in [1.54, 1.807) is 0 Å². The number of rotatable bonds is 2. The van der Waals surface area contributed by atoms with Crippen LogP contribution in [0.3, 0.4) is 0 Å². The average molecular weight is 372 g/mol. The summed E-state index contributed by atoms with van der Waals surface area (Å²) < 4.78 is 11.7. The van der Waals surface area contributed by atoms with Crippen LogP contribution in [0.4, 0.5) is 0 Å².